The van der Waals surface area contributed by atoms with Gasteiger partial charge in [-0.15, -0.1) is 0 Å². The minimum atomic E-state index is -3.65. The molecule has 0 unspecified atom stereocenters. The standard InChI is InChI=1S/C21H28N2O3S/c1-7-19(21(24)22-18-12-14(2)8-10-16(18)4)23(27(6,25)26)20-13-15(3)9-11-17(20)5/h8-13,19H,7H2,1-6H3,(H,22,24)/t19-/m0/s1. The van der Waals surface area contributed by atoms with Crippen LogP contribution in [0, 0.1) is 27.7 Å². The van der Waals surface area contributed by atoms with Gasteiger partial charge in [0.05, 0.1) is 11.9 Å². The Morgan fingerprint density at radius 2 is 1.56 bits per heavy atom. The van der Waals surface area contributed by atoms with Crippen molar-refractivity contribution < 1.29 is 13.2 Å². The molecule has 5 nitrogen and oxygen atoms in total. The molecule has 27 heavy (non-hydrogen) atoms. The normalized spacial score (nSPS) is 12.5. The Hall–Kier alpha value is -2.34. The van der Waals surface area contributed by atoms with Gasteiger partial charge in [-0.05, 0) is 68.5 Å². The highest BCUT2D eigenvalue weighted by Crippen LogP contribution is 2.28. The summed E-state index contributed by atoms with van der Waals surface area (Å²) in [4.78, 5) is 13.0. The molecule has 0 aliphatic rings. The van der Waals surface area contributed by atoms with Crippen molar-refractivity contribution in [1.29, 1.82) is 0 Å². The summed E-state index contributed by atoms with van der Waals surface area (Å²) in [5, 5.41) is 2.91. The van der Waals surface area contributed by atoms with Gasteiger partial charge in [0.15, 0.2) is 0 Å². The van der Waals surface area contributed by atoms with E-state index in [9.17, 15) is 13.2 Å². The van der Waals surface area contributed by atoms with E-state index >= 15 is 0 Å². The van der Waals surface area contributed by atoms with Crippen LogP contribution in [0.5, 0.6) is 0 Å². The largest absolute Gasteiger partial charge is 0.324 e. The number of aryl methyl sites for hydroxylation is 4. The number of nitrogens with one attached hydrogen (secondary N) is 1. The quantitative estimate of drug-likeness (QED) is 0.810. The third kappa shape index (κ3) is 4.89. The molecule has 0 aliphatic heterocycles. The number of sulfonamides is 1. The van der Waals surface area contributed by atoms with E-state index in [2.05, 4.69) is 5.32 Å². The van der Waals surface area contributed by atoms with E-state index in [1.54, 1.807) is 0 Å². The lowest BCUT2D eigenvalue weighted by atomic mass is 10.1. The summed E-state index contributed by atoms with van der Waals surface area (Å²) in [5.74, 6) is -0.336. The molecule has 1 atom stereocenters. The first kappa shape index (κ1) is 21.0. The molecule has 0 radical (unpaired) electrons. The number of nitrogens with zero attached hydrogens (tertiary/aromatic N) is 1. The van der Waals surface area contributed by atoms with Crippen molar-refractivity contribution in [1.82, 2.24) is 0 Å². The maximum atomic E-state index is 13.0. The molecular formula is C21H28N2O3S. The van der Waals surface area contributed by atoms with Gasteiger partial charge in [-0.2, -0.15) is 0 Å². The summed E-state index contributed by atoms with van der Waals surface area (Å²) in [7, 11) is -3.65. The van der Waals surface area contributed by atoms with Crippen LogP contribution in [-0.2, 0) is 14.8 Å². The van der Waals surface area contributed by atoms with Crippen LogP contribution in [0.1, 0.15) is 35.6 Å². The fourth-order valence-corrected chi connectivity index (χ4v) is 4.34. The van der Waals surface area contributed by atoms with Crippen molar-refractivity contribution in [2.24, 2.45) is 0 Å². The summed E-state index contributed by atoms with van der Waals surface area (Å²) >= 11 is 0. The van der Waals surface area contributed by atoms with E-state index in [1.807, 2.05) is 71.0 Å². The summed E-state index contributed by atoms with van der Waals surface area (Å²) in [6, 6.07) is 10.6. The number of carbonyl (C=O) groups excluding carboxylic acids is 1. The van der Waals surface area contributed by atoms with Crippen LogP contribution in [0.15, 0.2) is 36.4 Å². The smallest absolute Gasteiger partial charge is 0.248 e. The monoisotopic (exact) mass is 388 g/mol. The highest BCUT2D eigenvalue weighted by Gasteiger charge is 2.32. The minimum absolute atomic E-state index is 0.336. The molecule has 0 saturated carbocycles. The lowest BCUT2D eigenvalue weighted by Gasteiger charge is -2.31. The second-order valence-corrected chi connectivity index (χ2v) is 8.94. The SMILES string of the molecule is CC[C@@H](C(=O)Nc1cc(C)ccc1C)N(c1cc(C)ccc1C)S(C)(=O)=O. The minimum Gasteiger partial charge on any atom is -0.324 e. The van der Waals surface area contributed by atoms with Gasteiger partial charge in [0.1, 0.15) is 6.04 Å². The third-order valence-corrected chi connectivity index (χ3v) is 5.75. The fourth-order valence-electron chi connectivity index (χ4n) is 3.08. The highest BCUT2D eigenvalue weighted by atomic mass is 32.2. The number of hydrogen-bond donors (Lipinski definition) is 1. The van der Waals surface area contributed by atoms with Crippen molar-refractivity contribution in [3.8, 4) is 0 Å². The first-order valence-corrected chi connectivity index (χ1v) is 10.8. The van der Waals surface area contributed by atoms with Crippen LogP contribution in [0.4, 0.5) is 11.4 Å². The number of anilines is 2. The van der Waals surface area contributed by atoms with Gasteiger partial charge >= 0.3 is 0 Å². The fraction of sp³-hybridized carbons (Fsp3) is 0.381. The topological polar surface area (TPSA) is 66.5 Å². The van der Waals surface area contributed by atoms with Crippen LogP contribution in [0.2, 0.25) is 0 Å². The van der Waals surface area contributed by atoms with E-state index in [0.29, 0.717) is 17.8 Å². The Morgan fingerprint density at radius 1 is 1.00 bits per heavy atom. The molecule has 6 heteroatoms. The highest BCUT2D eigenvalue weighted by molar-refractivity contribution is 7.92. The van der Waals surface area contributed by atoms with Crippen molar-refractivity contribution in [2.75, 3.05) is 15.9 Å². The molecule has 0 spiro atoms. The van der Waals surface area contributed by atoms with Crippen LogP contribution < -0.4 is 9.62 Å². The summed E-state index contributed by atoms with van der Waals surface area (Å²) in [5.41, 5.74) is 4.95. The van der Waals surface area contributed by atoms with Gasteiger partial charge in [0.2, 0.25) is 15.9 Å². The molecule has 0 heterocycles. The Balaban J connectivity index is 2.48. The van der Waals surface area contributed by atoms with Gasteiger partial charge in [-0.3, -0.25) is 9.10 Å². The summed E-state index contributed by atoms with van der Waals surface area (Å²) < 4.78 is 26.5. The van der Waals surface area contributed by atoms with Gasteiger partial charge in [-0.1, -0.05) is 31.2 Å². The molecular weight excluding hydrogens is 360 g/mol. The average Bonchev–Trinajstić information content (AvgIpc) is 2.57. The molecule has 0 aromatic heterocycles. The number of hydrogen-bond acceptors (Lipinski definition) is 3. The number of rotatable bonds is 6. The molecule has 0 fully saturated rings. The van der Waals surface area contributed by atoms with E-state index in [4.69, 9.17) is 0 Å². The first-order valence-electron chi connectivity index (χ1n) is 8.99. The predicted molar refractivity (Wildman–Crippen MR) is 112 cm³/mol. The third-order valence-electron chi connectivity index (χ3n) is 4.58. The van der Waals surface area contributed by atoms with Crippen molar-refractivity contribution in [2.45, 2.75) is 47.1 Å². The van der Waals surface area contributed by atoms with E-state index in [-0.39, 0.29) is 5.91 Å². The van der Waals surface area contributed by atoms with Gasteiger partial charge in [0, 0.05) is 5.69 Å². The van der Waals surface area contributed by atoms with Crippen LogP contribution in [0.3, 0.4) is 0 Å². The molecule has 2 aromatic carbocycles. The molecule has 2 aromatic rings. The molecule has 1 amide bonds. The Kier molecular flexibility index (Phi) is 6.31. The maximum Gasteiger partial charge on any atom is 0.248 e. The van der Waals surface area contributed by atoms with Gasteiger partial charge in [0.25, 0.3) is 0 Å². The van der Waals surface area contributed by atoms with Gasteiger partial charge < -0.3 is 5.32 Å². The number of carbonyl (C=O) groups is 1. The molecule has 146 valence electrons. The Morgan fingerprint density at radius 3 is 2.11 bits per heavy atom. The zero-order valence-electron chi connectivity index (χ0n) is 16.8. The van der Waals surface area contributed by atoms with E-state index in [1.165, 1.54) is 4.31 Å². The lowest BCUT2D eigenvalue weighted by Crippen LogP contribution is -2.47. The molecule has 0 aliphatic carbocycles. The molecule has 1 N–H and O–H groups in total. The Bertz CT molecular complexity index is 952. The van der Waals surface area contributed by atoms with Gasteiger partial charge in [-0.25, -0.2) is 8.42 Å². The maximum absolute atomic E-state index is 13.0. The second kappa shape index (κ2) is 8.13. The lowest BCUT2D eigenvalue weighted by molar-refractivity contribution is -0.117. The zero-order valence-corrected chi connectivity index (χ0v) is 17.6. The van der Waals surface area contributed by atoms with Crippen LogP contribution in [-0.4, -0.2) is 26.6 Å². The summed E-state index contributed by atoms with van der Waals surface area (Å²) in [6.07, 6.45) is 1.50. The van der Waals surface area contributed by atoms with E-state index in [0.717, 1.165) is 28.5 Å². The second-order valence-electron chi connectivity index (χ2n) is 7.08. The predicted octanol–water partition coefficient (Wildman–Crippen LogP) is 4.10. The molecule has 2 rings (SSSR count). The van der Waals surface area contributed by atoms with Crippen molar-refractivity contribution in [3.05, 3.63) is 58.7 Å². The van der Waals surface area contributed by atoms with Crippen molar-refractivity contribution in [3.63, 3.8) is 0 Å². The van der Waals surface area contributed by atoms with E-state index < -0.39 is 16.1 Å². The Labute approximate surface area is 162 Å². The molecule has 0 bridgehead atoms. The summed E-state index contributed by atoms with van der Waals surface area (Å²) in [6.45, 7) is 9.43. The van der Waals surface area contributed by atoms with Crippen molar-refractivity contribution >= 4 is 27.3 Å². The van der Waals surface area contributed by atoms with Crippen LogP contribution >= 0.6 is 0 Å². The molecule has 0 saturated heterocycles. The first-order chi connectivity index (χ1) is 12.5. The van der Waals surface area contributed by atoms with Crippen LogP contribution in [0.25, 0.3) is 0 Å². The zero-order chi connectivity index (χ0) is 20.4. The number of benzene rings is 2. The number of amides is 1. The average molecular weight is 389 g/mol.